The number of ether oxygens (including phenoxy) is 2. The van der Waals surface area contributed by atoms with Crippen LogP contribution >= 0.6 is 0 Å². The van der Waals surface area contributed by atoms with E-state index in [0.717, 1.165) is 25.0 Å². The molecule has 1 atom stereocenters. The normalized spacial score (nSPS) is 17.5. The van der Waals surface area contributed by atoms with Crippen molar-refractivity contribution in [3.63, 3.8) is 0 Å². The molecule has 1 aromatic rings. The number of anilines is 1. The van der Waals surface area contributed by atoms with Crippen molar-refractivity contribution in [3.05, 3.63) is 23.8 Å². The van der Waals surface area contributed by atoms with Gasteiger partial charge in [-0.3, -0.25) is 0 Å². The summed E-state index contributed by atoms with van der Waals surface area (Å²) in [7, 11) is 0. The first-order valence-electron chi connectivity index (χ1n) is 7.22. The Morgan fingerprint density at radius 1 is 1.50 bits per heavy atom. The lowest BCUT2D eigenvalue weighted by Gasteiger charge is -2.13. The summed E-state index contributed by atoms with van der Waals surface area (Å²) in [5.74, 6) is 0.331. The molecular weight excluding hydrogens is 294 g/mol. The number of halogens is 2. The SMILES string of the molecule is Cc1ccc(NC(=O)NCC2CCCO2)cc1OCC(F)F. The minimum atomic E-state index is -2.54. The molecule has 1 aromatic carbocycles. The van der Waals surface area contributed by atoms with Crippen molar-refractivity contribution in [2.75, 3.05) is 25.1 Å². The van der Waals surface area contributed by atoms with Crippen molar-refractivity contribution >= 4 is 11.7 Å². The van der Waals surface area contributed by atoms with Gasteiger partial charge >= 0.3 is 6.03 Å². The maximum atomic E-state index is 12.2. The van der Waals surface area contributed by atoms with E-state index < -0.39 is 13.0 Å². The predicted octanol–water partition coefficient (Wildman–Crippen LogP) is 2.94. The van der Waals surface area contributed by atoms with Gasteiger partial charge in [-0.25, -0.2) is 13.6 Å². The first-order valence-corrected chi connectivity index (χ1v) is 7.22. The Morgan fingerprint density at radius 2 is 2.32 bits per heavy atom. The topological polar surface area (TPSA) is 59.6 Å². The fraction of sp³-hybridized carbons (Fsp3) is 0.533. The van der Waals surface area contributed by atoms with E-state index in [4.69, 9.17) is 9.47 Å². The van der Waals surface area contributed by atoms with E-state index in [-0.39, 0.29) is 12.1 Å². The first-order chi connectivity index (χ1) is 10.5. The van der Waals surface area contributed by atoms with Crippen LogP contribution in [-0.2, 0) is 4.74 Å². The molecule has 22 heavy (non-hydrogen) atoms. The summed E-state index contributed by atoms with van der Waals surface area (Å²) in [5, 5.41) is 5.37. The number of aryl methyl sites for hydroxylation is 1. The van der Waals surface area contributed by atoms with Crippen LogP contribution in [0.1, 0.15) is 18.4 Å². The van der Waals surface area contributed by atoms with Crippen molar-refractivity contribution in [1.29, 1.82) is 0 Å². The lowest BCUT2D eigenvalue weighted by atomic mass is 10.2. The monoisotopic (exact) mass is 314 g/mol. The zero-order valence-corrected chi connectivity index (χ0v) is 12.4. The fourth-order valence-electron chi connectivity index (χ4n) is 2.17. The molecule has 1 heterocycles. The number of nitrogens with one attached hydrogen (secondary N) is 2. The largest absolute Gasteiger partial charge is 0.487 e. The summed E-state index contributed by atoms with van der Waals surface area (Å²) < 4.78 is 34.8. The molecule has 0 saturated carbocycles. The number of amides is 2. The van der Waals surface area contributed by atoms with Gasteiger partial charge in [0.2, 0.25) is 0 Å². The first kappa shape index (κ1) is 16.5. The van der Waals surface area contributed by atoms with Crippen LogP contribution in [0.2, 0.25) is 0 Å². The summed E-state index contributed by atoms with van der Waals surface area (Å²) in [6, 6.07) is 4.56. The zero-order valence-electron chi connectivity index (χ0n) is 12.4. The third-order valence-corrected chi connectivity index (χ3v) is 3.33. The highest BCUT2D eigenvalue weighted by Crippen LogP contribution is 2.23. The van der Waals surface area contributed by atoms with Crippen molar-refractivity contribution in [3.8, 4) is 5.75 Å². The lowest BCUT2D eigenvalue weighted by Crippen LogP contribution is -2.35. The maximum Gasteiger partial charge on any atom is 0.319 e. The number of benzene rings is 1. The summed E-state index contributed by atoms with van der Waals surface area (Å²) in [4.78, 5) is 11.8. The van der Waals surface area contributed by atoms with Gasteiger partial charge in [-0.2, -0.15) is 0 Å². The zero-order chi connectivity index (χ0) is 15.9. The summed E-state index contributed by atoms with van der Waals surface area (Å²) >= 11 is 0. The molecule has 0 radical (unpaired) electrons. The number of carbonyl (C=O) groups excluding carboxylic acids is 1. The quantitative estimate of drug-likeness (QED) is 0.849. The van der Waals surface area contributed by atoms with Crippen LogP contribution in [-0.4, -0.2) is 38.3 Å². The molecule has 7 heteroatoms. The predicted molar refractivity (Wildman–Crippen MR) is 78.7 cm³/mol. The van der Waals surface area contributed by atoms with Crippen LogP contribution in [0.3, 0.4) is 0 Å². The molecule has 0 spiro atoms. The number of hydrogen-bond donors (Lipinski definition) is 2. The van der Waals surface area contributed by atoms with Gasteiger partial charge in [0.25, 0.3) is 6.43 Å². The highest BCUT2D eigenvalue weighted by Gasteiger charge is 2.16. The Hall–Kier alpha value is -1.89. The second-order valence-corrected chi connectivity index (χ2v) is 5.15. The Kier molecular flexibility index (Phi) is 5.94. The van der Waals surface area contributed by atoms with Crippen LogP contribution in [0.5, 0.6) is 5.75 Å². The van der Waals surface area contributed by atoms with E-state index in [1.807, 2.05) is 0 Å². The minimum Gasteiger partial charge on any atom is -0.487 e. The second-order valence-electron chi connectivity index (χ2n) is 5.15. The van der Waals surface area contributed by atoms with Gasteiger partial charge in [0, 0.05) is 24.9 Å². The third kappa shape index (κ3) is 5.14. The molecule has 1 unspecified atom stereocenters. The average molecular weight is 314 g/mol. The Morgan fingerprint density at radius 3 is 3.00 bits per heavy atom. The van der Waals surface area contributed by atoms with Crippen molar-refractivity contribution in [2.45, 2.75) is 32.3 Å². The molecule has 1 aliphatic heterocycles. The molecule has 5 nitrogen and oxygen atoms in total. The highest BCUT2D eigenvalue weighted by atomic mass is 19.3. The van der Waals surface area contributed by atoms with Crippen molar-refractivity contribution < 1.29 is 23.0 Å². The van der Waals surface area contributed by atoms with E-state index in [1.165, 1.54) is 6.07 Å². The van der Waals surface area contributed by atoms with Gasteiger partial charge in [-0.05, 0) is 31.4 Å². The number of carbonyl (C=O) groups is 1. The molecule has 1 saturated heterocycles. The standard InChI is InChI=1S/C15H20F2N2O3/c1-10-4-5-11(7-13(10)22-9-14(16)17)19-15(20)18-8-12-3-2-6-21-12/h4-5,7,12,14H,2-3,6,8-9H2,1H3,(H2,18,19,20). The van der Waals surface area contributed by atoms with E-state index in [9.17, 15) is 13.6 Å². The van der Waals surface area contributed by atoms with E-state index in [1.54, 1.807) is 19.1 Å². The lowest BCUT2D eigenvalue weighted by molar-refractivity contribution is 0.0816. The molecule has 2 N–H and O–H groups in total. The molecule has 0 aromatic heterocycles. The Labute approximate surface area is 128 Å². The Balaban J connectivity index is 1.85. The van der Waals surface area contributed by atoms with Gasteiger partial charge in [-0.1, -0.05) is 6.07 Å². The maximum absolute atomic E-state index is 12.2. The van der Waals surface area contributed by atoms with Crippen LogP contribution in [0, 0.1) is 6.92 Å². The minimum absolute atomic E-state index is 0.0636. The number of hydrogen-bond acceptors (Lipinski definition) is 3. The van der Waals surface area contributed by atoms with E-state index in [2.05, 4.69) is 10.6 Å². The van der Waals surface area contributed by atoms with Gasteiger partial charge in [0.1, 0.15) is 12.4 Å². The molecule has 1 aliphatic rings. The highest BCUT2D eigenvalue weighted by molar-refractivity contribution is 5.89. The van der Waals surface area contributed by atoms with Crippen LogP contribution in [0.25, 0.3) is 0 Å². The third-order valence-electron chi connectivity index (χ3n) is 3.33. The number of urea groups is 1. The molecule has 0 bridgehead atoms. The van der Waals surface area contributed by atoms with Crippen LogP contribution in [0.4, 0.5) is 19.3 Å². The van der Waals surface area contributed by atoms with Crippen molar-refractivity contribution in [2.24, 2.45) is 0 Å². The summed E-state index contributed by atoms with van der Waals surface area (Å²) in [6.07, 6.45) is -0.521. The smallest absolute Gasteiger partial charge is 0.319 e. The average Bonchev–Trinajstić information content (AvgIpc) is 2.99. The number of rotatable bonds is 6. The summed E-state index contributed by atoms with van der Waals surface area (Å²) in [5.41, 5.74) is 1.21. The van der Waals surface area contributed by atoms with E-state index in [0.29, 0.717) is 18.0 Å². The van der Waals surface area contributed by atoms with Crippen molar-refractivity contribution in [1.82, 2.24) is 5.32 Å². The molecule has 0 aliphatic carbocycles. The fourth-order valence-corrected chi connectivity index (χ4v) is 2.17. The van der Waals surface area contributed by atoms with Gasteiger partial charge in [0.05, 0.1) is 6.10 Å². The molecule has 2 amide bonds. The second kappa shape index (κ2) is 7.93. The van der Waals surface area contributed by atoms with Gasteiger partial charge in [0.15, 0.2) is 0 Å². The molecule has 122 valence electrons. The molecule has 1 fully saturated rings. The van der Waals surface area contributed by atoms with Gasteiger partial charge in [-0.15, -0.1) is 0 Å². The van der Waals surface area contributed by atoms with Gasteiger partial charge < -0.3 is 20.1 Å². The van der Waals surface area contributed by atoms with E-state index >= 15 is 0 Å². The van der Waals surface area contributed by atoms with Crippen LogP contribution < -0.4 is 15.4 Å². The summed E-state index contributed by atoms with van der Waals surface area (Å²) in [6.45, 7) is 2.26. The molecular formula is C15H20F2N2O3. The van der Waals surface area contributed by atoms with Crippen LogP contribution in [0.15, 0.2) is 18.2 Å². The Bertz CT molecular complexity index is 506. The molecule has 2 rings (SSSR count). The number of alkyl halides is 2.